The Labute approximate surface area is 101 Å². The van der Waals surface area contributed by atoms with Crippen LogP contribution in [0.1, 0.15) is 27.7 Å². The SMILES string of the molecule is CC(C)OP([O-])(=S)SC(C)C.[Sb]. The second-order valence-corrected chi connectivity index (χ2v) is 9.22. The fraction of sp³-hybridized carbons (Fsp3) is 1.00. The standard InChI is InChI=1S/C6H15O2PS2.Sb/c1-5(2)8-9(7,10)11-6(3)4;/h5-6H,1-4H3,(H,7,10);/p-1. The molecule has 0 aliphatic heterocycles. The van der Waals surface area contributed by atoms with Gasteiger partial charge in [0, 0.05) is 35.4 Å². The van der Waals surface area contributed by atoms with Gasteiger partial charge in [-0.1, -0.05) is 25.7 Å². The predicted molar refractivity (Wildman–Crippen MR) is 59.0 cm³/mol. The summed E-state index contributed by atoms with van der Waals surface area (Å²) in [6.45, 7) is 7.57. The second kappa shape index (κ2) is 7.09. The van der Waals surface area contributed by atoms with Crippen LogP contribution >= 0.6 is 17.1 Å². The first-order valence-corrected chi connectivity index (χ1v) is 7.63. The Morgan fingerprint density at radius 1 is 1.33 bits per heavy atom. The van der Waals surface area contributed by atoms with Crippen LogP contribution in [0.25, 0.3) is 0 Å². The van der Waals surface area contributed by atoms with Gasteiger partial charge < -0.3 is 9.42 Å². The van der Waals surface area contributed by atoms with E-state index in [1.165, 1.54) is 11.4 Å². The van der Waals surface area contributed by atoms with Crippen LogP contribution in [0, 0.1) is 0 Å². The zero-order chi connectivity index (χ0) is 9.07. The van der Waals surface area contributed by atoms with E-state index in [9.17, 15) is 4.89 Å². The van der Waals surface area contributed by atoms with E-state index >= 15 is 0 Å². The fourth-order valence-electron chi connectivity index (χ4n) is 0.541. The summed E-state index contributed by atoms with van der Waals surface area (Å²) in [7, 11) is 0. The van der Waals surface area contributed by atoms with Gasteiger partial charge in [0.1, 0.15) is 0 Å². The smallest absolute Gasteiger partial charge is 0.0566 e. The zero-order valence-corrected chi connectivity index (χ0v) is 12.8. The van der Waals surface area contributed by atoms with Gasteiger partial charge >= 0.3 is 0 Å². The molecule has 12 heavy (non-hydrogen) atoms. The summed E-state index contributed by atoms with van der Waals surface area (Å²) in [6, 6.07) is 0. The number of rotatable bonds is 4. The van der Waals surface area contributed by atoms with Gasteiger partial charge in [-0.2, -0.15) is 0 Å². The molecule has 0 heterocycles. The molecule has 0 rings (SSSR count). The third-order valence-electron chi connectivity index (χ3n) is 0.680. The van der Waals surface area contributed by atoms with Gasteiger partial charge in [0.2, 0.25) is 0 Å². The van der Waals surface area contributed by atoms with Crippen LogP contribution in [0.4, 0.5) is 0 Å². The van der Waals surface area contributed by atoms with Gasteiger partial charge in [-0.05, 0) is 13.8 Å². The quantitative estimate of drug-likeness (QED) is 0.579. The van der Waals surface area contributed by atoms with Crippen molar-refractivity contribution in [2.24, 2.45) is 0 Å². The largest absolute Gasteiger partial charge is 0.793 e. The van der Waals surface area contributed by atoms with E-state index < -0.39 is 5.69 Å². The van der Waals surface area contributed by atoms with Crippen molar-refractivity contribution in [1.82, 2.24) is 0 Å². The maximum absolute atomic E-state index is 11.4. The van der Waals surface area contributed by atoms with E-state index in [0.29, 0.717) is 0 Å². The Morgan fingerprint density at radius 3 is 2.00 bits per heavy atom. The molecule has 73 valence electrons. The van der Waals surface area contributed by atoms with Gasteiger partial charge in [0.05, 0.1) is 6.10 Å². The summed E-state index contributed by atoms with van der Waals surface area (Å²) in [4.78, 5) is 11.4. The average Bonchev–Trinajstić information content (AvgIpc) is 1.53. The minimum absolute atomic E-state index is 0. The van der Waals surface area contributed by atoms with E-state index in [0.717, 1.165) is 0 Å². The summed E-state index contributed by atoms with van der Waals surface area (Å²) in [5, 5.41) is 0.261. The summed E-state index contributed by atoms with van der Waals surface area (Å²) in [5.74, 6) is 0. The molecule has 0 N–H and O–H groups in total. The van der Waals surface area contributed by atoms with Crippen LogP contribution in [0.5, 0.6) is 0 Å². The number of hydrogen-bond acceptors (Lipinski definition) is 4. The molecular formula is C6H14O2PS2Sb-. The van der Waals surface area contributed by atoms with Gasteiger partial charge in [0.15, 0.2) is 0 Å². The van der Waals surface area contributed by atoms with E-state index in [1.54, 1.807) is 0 Å². The van der Waals surface area contributed by atoms with Gasteiger partial charge in [-0.25, -0.2) is 0 Å². The van der Waals surface area contributed by atoms with E-state index in [2.05, 4.69) is 0 Å². The van der Waals surface area contributed by atoms with Crippen LogP contribution in [-0.4, -0.2) is 35.8 Å². The van der Waals surface area contributed by atoms with Gasteiger partial charge in [-0.3, -0.25) is 0 Å². The van der Waals surface area contributed by atoms with Crippen molar-refractivity contribution in [2.45, 2.75) is 39.0 Å². The monoisotopic (exact) mass is 334 g/mol. The predicted octanol–water partition coefficient (Wildman–Crippen LogP) is 1.76. The average molecular weight is 335 g/mol. The molecule has 0 fully saturated rings. The van der Waals surface area contributed by atoms with Gasteiger partial charge in [-0.15, -0.1) is 11.4 Å². The molecule has 1 unspecified atom stereocenters. The molecule has 0 spiro atoms. The minimum atomic E-state index is -2.80. The van der Waals surface area contributed by atoms with Crippen molar-refractivity contribution in [3.05, 3.63) is 0 Å². The Morgan fingerprint density at radius 2 is 1.75 bits per heavy atom. The first-order valence-electron chi connectivity index (χ1n) is 3.51. The van der Waals surface area contributed by atoms with Crippen molar-refractivity contribution in [1.29, 1.82) is 0 Å². The number of hydrogen-bond donors (Lipinski definition) is 0. The van der Waals surface area contributed by atoms with Crippen molar-refractivity contribution in [3.8, 4) is 0 Å². The normalized spacial score (nSPS) is 15.9. The first-order chi connectivity index (χ1) is 4.83. The molecule has 0 aromatic rings. The summed E-state index contributed by atoms with van der Waals surface area (Å²) in [6.07, 6.45) is -0.0513. The molecule has 2 nitrogen and oxygen atoms in total. The van der Waals surface area contributed by atoms with Crippen molar-refractivity contribution in [2.75, 3.05) is 0 Å². The molecule has 0 aromatic carbocycles. The van der Waals surface area contributed by atoms with Crippen LogP contribution in [0.3, 0.4) is 0 Å². The molecular weight excluding hydrogens is 321 g/mol. The van der Waals surface area contributed by atoms with Crippen molar-refractivity contribution in [3.63, 3.8) is 0 Å². The van der Waals surface area contributed by atoms with Gasteiger partial charge in [0.25, 0.3) is 0 Å². The van der Waals surface area contributed by atoms with E-state index in [-0.39, 0.29) is 35.8 Å². The third-order valence-corrected chi connectivity index (χ3v) is 5.37. The summed E-state index contributed by atoms with van der Waals surface area (Å²) < 4.78 is 5.08. The van der Waals surface area contributed by atoms with Crippen LogP contribution in [-0.2, 0) is 16.3 Å². The topological polar surface area (TPSA) is 32.3 Å². The first kappa shape index (κ1) is 16.2. The third kappa shape index (κ3) is 9.82. The molecule has 0 saturated heterocycles. The molecule has 1 atom stereocenters. The van der Waals surface area contributed by atoms with E-state index in [4.69, 9.17) is 16.3 Å². The van der Waals surface area contributed by atoms with Crippen molar-refractivity contribution >= 4 is 53.3 Å². The molecule has 0 amide bonds. The molecule has 3 radical (unpaired) electrons. The van der Waals surface area contributed by atoms with Crippen LogP contribution < -0.4 is 4.89 Å². The fourth-order valence-corrected chi connectivity index (χ4v) is 5.90. The van der Waals surface area contributed by atoms with Crippen LogP contribution in [0.2, 0.25) is 0 Å². The Hall–Kier alpha value is 1.74. The molecule has 0 aliphatic carbocycles. The van der Waals surface area contributed by atoms with Crippen molar-refractivity contribution < 1.29 is 9.42 Å². The summed E-state index contributed by atoms with van der Waals surface area (Å²) >= 11 is 6.03. The Bertz CT molecular complexity index is 150. The molecule has 6 heteroatoms. The molecule has 0 aliphatic rings. The zero-order valence-electron chi connectivity index (χ0n) is 7.68. The molecule has 0 aromatic heterocycles. The van der Waals surface area contributed by atoms with Crippen LogP contribution in [0.15, 0.2) is 0 Å². The second-order valence-electron chi connectivity index (χ2n) is 2.76. The maximum Gasteiger partial charge on any atom is 0.0566 e. The minimum Gasteiger partial charge on any atom is -0.793 e. The van der Waals surface area contributed by atoms with E-state index in [1.807, 2.05) is 27.7 Å². The Balaban J connectivity index is 0. The summed E-state index contributed by atoms with van der Waals surface area (Å²) in [5.41, 5.74) is -2.80. The molecule has 0 saturated carbocycles. The Kier molecular flexibility index (Phi) is 9.55. The molecule has 0 bridgehead atoms. The maximum atomic E-state index is 11.4.